The quantitative estimate of drug-likeness (QED) is 0.479. The SMILES string of the molecule is CCCC1Cc2ccc(C3CCC(c4ccccc4)CC3)c(F)c2OC1=O. The largest absolute Gasteiger partial charge is 0.423 e. The van der Waals surface area contributed by atoms with Gasteiger partial charge < -0.3 is 4.74 Å². The first kappa shape index (κ1) is 18.2. The number of rotatable bonds is 4. The van der Waals surface area contributed by atoms with E-state index in [9.17, 15) is 4.79 Å². The number of carbonyl (C=O) groups is 1. The van der Waals surface area contributed by atoms with Crippen LogP contribution in [-0.4, -0.2) is 5.97 Å². The van der Waals surface area contributed by atoms with E-state index in [4.69, 9.17) is 4.74 Å². The van der Waals surface area contributed by atoms with Gasteiger partial charge in [0.25, 0.3) is 0 Å². The average molecular weight is 366 g/mol. The molecule has 1 aliphatic carbocycles. The molecule has 4 rings (SSSR count). The van der Waals surface area contributed by atoms with Crippen LogP contribution in [0.2, 0.25) is 0 Å². The standard InChI is InChI=1S/C24H27FO2/c1-2-6-20-15-19-13-14-21(22(25)23(19)27-24(20)26)18-11-9-17(10-12-18)16-7-4-3-5-8-16/h3-5,7-8,13-14,17-18,20H,2,6,9-12,15H2,1H3. The maximum atomic E-state index is 15.2. The maximum Gasteiger partial charge on any atom is 0.314 e. The number of halogens is 1. The number of hydrogen-bond donors (Lipinski definition) is 0. The van der Waals surface area contributed by atoms with E-state index in [-0.39, 0.29) is 29.4 Å². The maximum absolute atomic E-state index is 15.2. The van der Waals surface area contributed by atoms with Gasteiger partial charge in [0, 0.05) is 0 Å². The van der Waals surface area contributed by atoms with Gasteiger partial charge in [-0.1, -0.05) is 55.8 Å². The van der Waals surface area contributed by atoms with Gasteiger partial charge in [-0.2, -0.15) is 0 Å². The first-order valence-electron chi connectivity index (χ1n) is 10.2. The molecule has 2 nitrogen and oxygen atoms in total. The summed E-state index contributed by atoms with van der Waals surface area (Å²) in [5.74, 6) is 0.259. The monoisotopic (exact) mass is 366 g/mol. The first-order valence-corrected chi connectivity index (χ1v) is 10.2. The Morgan fingerprint density at radius 3 is 2.41 bits per heavy atom. The van der Waals surface area contributed by atoms with Gasteiger partial charge in [-0.25, -0.2) is 4.39 Å². The van der Waals surface area contributed by atoms with Gasteiger partial charge in [-0.3, -0.25) is 4.79 Å². The lowest BCUT2D eigenvalue weighted by Gasteiger charge is -2.30. The fourth-order valence-corrected chi connectivity index (χ4v) is 4.76. The molecule has 0 saturated heterocycles. The van der Waals surface area contributed by atoms with Crippen molar-refractivity contribution in [3.63, 3.8) is 0 Å². The van der Waals surface area contributed by atoms with E-state index in [2.05, 4.69) is 31.2 Å². The summed E-state index contributed by atoms with van der Waals surface area (Å²) in [6.45, 7) is 2.05. The van der Waals surface area contributed by atoms with Crippen LogP contribution in [0.1, 0.15) is 74.0 Å². The third kappa shape index (κ3) is 3.65. The summed E-state index contributed by atoms with van der Waals surface area (Å²) in [7, 11) is 0. The summed E-state index contributed by atoms with van der Waals surface area (Å²) >= 11 is 0. The summed E-state index contributed by atoms with van der Waals surface area (Å²) in [5.41, 5.74) is 2.95. The molecule has 142 valence electrons. The minimum Gasteiger partial charge on any atom is -0.423 e. The Hall–Kier alpha value is -2.16. The minimum atomic E-state index is -0.307. The van der Waals surface area contributed by atoms with Gasteiger partial charge in [-0.15, -0.1) is 0 Å². The zero-order valence-corrected chi connectivity index (χ0v) is 15.9. The van der Waals surface area contributed by atoms with Crippen molar-refractivity contribution in [1.82, 2.24) is 0 Å². The van der Waals surface area contributed by atoms with Crippen LogP contribution in [0.25, 0.3) is 0 Å². The fourth-order valence-electron chi connectivity index (χ4n) is 4.76. The molecule has 1 heterocycles. The summed E-state index contributed by atoms with van der Waals surface area (Å²) in [5, 5.41) is 0. The number of ether oxygens (including phenoxy) is 1. The Morgan fingerprint density at radius 2 is 1.70 bits per heavy atom. The van der Waals surface area contributed by atoms with E-state index in [1.807, 2.05) is 18.2 Å². The molecular formula is C24H27FO2. The molecule has 0 aromatic heterocycles. The van der Waals surface area contributed by atoms with Gasteiger partial charge in [-0.05, 0) is 67.1 Å². The minimum absolute atomic E-state index is 0.130. The van der Waals surface area contributed by atoms with Crippen LogP contribution in [0.5, 0.6) is 5.75 Å². The van der Waals surface area contributed by atoms with Crippen LogP contribution in [0, 0.1) is 11.7 Å². The third-order valence-electron chi connectivity index (χ3n) is 6.29. The molecule has 1 atom stereocenters. The smallest absolute Gasteiger partial charge is 0.314 e. The zero-order valence-electron chi connectivity index (χ0n) is 15.9. The van der Waals surface area contributed by atoms with Crippen molar-refractivity contribution in [2.45, 2.75) is 63.7 Å². The van der Waals surface area contributed by atoms with Gasteiger partial charge in [0.05, 0.1) is 5.92 Å². The van der Waals surface area contributed by atoms with E-state index in [1.54, 1.807) is 0 Å². The molecule has 3 heteroatoms. The molecular weight excluding hydrogens is 339 g/mol. The second kappa shape index (κ2) is 7.84. The van der Waals surface area contributed by atoms with Crippen LogP contribution < -0.4 is 4.74 Å². The molecule has 2 aliphatic rings. The topological polar surface area (TPSA) is 26.3 Å². The second-order valence-electron chi connectivity index (χ2n) is 8.03. The van der Waals surface area contributed by atoms with Crippen molar-refractivity contribution >= 4 is 5.97 Å². The van der Waals surface area contributed by atoms with Crippen molar-refractivity contribution in [2.75, 3.05) is 0 Å². The van der Waals surface area contributed by atoms with Crippen molar-refractivity contribution in [2.24, 2.45) is 5.92 Å². The van der Waals surface area contributed by atoms with Gasteiger partial charge in [0.15, 0.2) is 11.6 Å². The van der Waals surface area contributed by atoms with Crippen molar-refractivity contribution < 1.29 is 13.9 Å². The Kier molecular flexibility index (Phi) is 5.29. The van der Waals surface area contributed by atoms with Crippen molar-refractivity contribution in [3.05, 3.63) is 65.0 Å². The second-order valence-corrected chi connectivity index (χ2v) is 8.03. The predicted octanol–water partition coefficient (Wildman–Crippen LogP) is 6.14. The highest BCUT2D eigenvalue weighted by Crippen LogP contribution is 2.44. The molecule has 0 spiro atoms. The fraction of sp³-hybridized carbons (Fsp3) is 0.458. The number of carbonyl (C=O) groups excluding carboxylic acids is 1. The van der Waals surface area contributed by atoms with Crippen LogP contribution in [0.3, 0.4) is 0 Å². The lowest BCUT2D eigenvalue weighted by atomic mass is 9.75. The molecule has 1 aliphatic heterocycles. The molecule has 2 aromatic carbocycles. The van der Waals surface area contributed by atoms with Crippen molar-refractivity contribution in [3.8, 4) is 5.75 Å². The molecule has 27 heavy (non-hydrogen) atoms. The summed E-state index contributed by atoms with van der Waals surface area (Å²) in [6.07, 6.45) is 6.42. The molecule has 0 radical (unpaired) electrons. The predicted molar refractivity (Wildman–Crippen MR) is 105 cm³/mol. The van der Waals surface area contributed by atoms with Crippen molar-refractivity contribution in [1.29, 1.82) is 0 Å². The van der Waals surface area contributed by atoms with Gasteiger partial charge in [0.2, 0.25) is 0 Å². The normalized spacial score (nSPS) is 25.0. The third-order valence-corrected chi connectivity index (χ3v) is 6.29. The van der Waals surface area contributed by atoms with E-state index in [0.717, 1.165) is 49.7 Å². The molecule has 0 amide bonds. The van der Waals surface area contributed by atoms with E-state index < -0.39 is 0 Å². The Labute approximate surface area is 160 Å². The molecule has 0 bridgehead atoms. The van der Waals surface area contributed by atoms with Gasteiger partial charge >= 0.3 is 5.97 Å². The number of hydrogen-bond acceptors (Lipinski definition) is 2. The molecule has 1 fully saturated rings. The highest BCUT2D eigenvalue weighted by molar-refractivity contribution is 5.78. The molecule has 1 saturated carbocycles. The molecule has 0 N–H and O–H groups in total. The van der Waals surface area contributed by atoms with Crippen LogP contribution in [-0.2, 0) is 11.2 Å². The Balaban J connectivity index is 1.50. The Bertz CT molecular complexity index is 807. The molecule has 1 unspecified atom stereocenters. The van der Waals surface area contributed by atoms with E-state index >= 15 is 4.39 Å². The van der Waals surface area contributed by atoms with E-state index in [0.29, 0.717) is 12.3 Å². The zero-order chi connectivity index (χ0) is 18.8. The lowest BCUT2D eigenvalue weighted by molar-refractivity contribution is -0.140. The highest BCUT2D eigenvalue weighted by Gasteiger charge is 2.33. The molecule has 2 aromatic rings. The number of fused-ring (bicyclic) bond motifs is 1. The lowest BCUT2D eigenvalue weighted by Crippen LogP contribution is -2.28. The summed E-state index contributed by atoms with van der Waals surface area (Å²) in [4.78, 5) is 12.2. The highest BCUT2D eigenvalue weighted by atomic mass is 19.1. The number of esters is 1. The van der Waals surface area contributed by atoms with Crippen LogP contribution >= 0.6 is 0 Å². The number of benzene rings is 2. The van der Waals surface area contributed by atoms with Crippen LogP contribution in [0.15, 0.2) is 42.5 Å². The summed E-state index contributed by atoms with van der Waals surface area (Å²) in [6, 6.07) is 14.5. The van der Waals surface area contributed by atoms with Gasteiger partial charge in [0.1, 0.15) is 0 Å². The first-order chi connectivity index (χ1) is 13.2. The van der Waals surface area contributed by atoms with E-state index in [1.165, 1.54) is 5.56 Å². The summed E-state index contributed by atoms with van der Waals surface area (Å²) < 4.78 is 20.6. The Morgan fingerprint density at radius 1 is 1.00 bits per heavy atom. The average Bonchev–Trinajstić information content (AvgIpc) is 2.71. The van der Waals surface area contributed by atoms with Crippen LogP contribution in [0.4, 0.5) is 4.39 Å².